The summed E-state index contributed by atoms with van der Waals surface area (Å²) in [5, 5.41) is 10.0. The van der Waals surface area contributed by atoms with Crippen molar-refractivity contribution in [1.82, 2.24) is 0 Å². The van der Waals surface area contributed by atoms with E-state index in [2.05, 4.69) is 241 Å². The molecular formula is C58H39N. The highest BCUT2D eigenvalue weighted by atomic mass is 15.1. The highest BCUT2D eigenvalue weighted by Crippen LogP contribution is 2.46. The minimum atomic E-state index is 1.09. The molecule has 0 aromatic heterocycles. The zero-order chi connectivity index (χ0) is 39.1. The smallest absolute Gasteiger partial charge is 0.0540 e. The van der Waals surface area contributed by atoms with Gasteiger partial charge in [0.15, 0.2) is 0 Å². The molecule has 0 aliphatic heterocycles. The number of rotatable bonds is 7. The fourth-order valence-electron chi connectivity index (χ4n) is 9.12. The molecule has 1 heteroatoms. The second kappa shape index (κ2) is 14.6. The highest BCUT2D eigenvalue weighted by Gasteiger charge is 2.21. The predicted molar refractivity (Wildman–Crippen MR) is 253 cm³/mol. The molecule has 0 spiro atoms. The minimum absolute atomic E-state index is 1.09. The maximum Gasteiger partial charge on any atom is 0.0540 e. The van der Waals surface area contributed by atoms with Crippen molar-refractivity contribution in [2.75, 3.05) is 4.90 Å². The predicted octanol–water partition coefficient (Wildman–Crippen LogP) is 16.4. The highest BCUT2D eigenvalue weighted by molar-refractivity contribution is 6.13. The van der Waals surface area contributed by atoms with Crippen LogP contribution < -0.4 is 4.90 Å². The maximum absolute atomic E-state index is 2.44. The Labute approximate surface area is 344 Å². The van der Waals surface area contributed by atoms with Crippen LogP contribution in [0, 0.1) is 0 Å². The van der Waals surface area contributed by atoms with Gasteiger partial charge in [0.2, 0.25) is 0 Å². The summed E-state index contributed by atoms with van der Waals surface area (Å²) in [5.74, 6) is 0. The number of hydrogen-bond acceptors (Lipinski definition) is 1. The summed E-state index contributed by atoms with van der Waals surface area (Å²) in [6.45, 7) is 0. The Morgan fingerprint density at radius 3 is 1.58 bits per heavy atom. The van der Waals surface area contributed by atoms with Gasteiger partial charge in [-0.2, -0.15) is 0 Å². The van der Waals surface area contributed by atoms with Crippen LogP contribution in [0.3, 0.4) is 0 Å². The van der Waals surface area contributed by atoms with Crippen molar-refractivity contribution in [3.8, 4) is 44.5 Å². The Bertz CT molecular complexity index is 3310. The van der Waals surface area contributed by atoms with E-state index in [0.717, 1.165) is 17.1 Å². The van der Waals surface area contributed by atoms with E-state index >= 15 is 0 Å². The van der Waals surface area contributed by atoms with Gasteiger partial charge in [0.25, 0.3) is 0 Å². The van der Waals surface area contributed by atoms with Crippen LogP contribution in [0.4, 0.5) is 17.1 Å². The van der Waals surface area contributed by atoms with Gasteiger partial charge in [0.1, 0.15) is 0 Å². The van der Waals surface area contributed by atoms with E-state index < -0.39 is 0 Å². The van der Waals surface area contributed by atoms with E-state index in [1.165, 1.54) is 87.6 Å². The lowest BCUT2D eigenvalue weighted by Crippen LogP contribution is -2.11. The normalized spacial score (nSPS) is 11.4. The lowest BCUT2D eigenvalue weighted by Gasteiger charge is -2.29. The van der Waals surface area contributed by atoms with Gasteiger partial charge in [-0.1, -0.05) is 206 Å². The molecule has 0 N–H and O–H groups in total. The Balaban J connectivity index is 1.12. The third-order valence-electron chi connectivity index (χ3n) is 11.9. The lowest BCUT2D eigenvalue weighted by atomic mass is 9.90. The summed E-state index contributed by atoms with van der Waals surface area (Å²) < 4.78 is 0. The number of benzene rings is 11. The van der Waals surface area contributed by atoms with Crippen molar-refractivity contribution in [2.45, 2.75) is 0 Å². The fraction of sp³-hybridized carbons (Fsp3) is 0. The topological polar surface area (TPSA) is 3.24 Å². The molecule has 59 heavy (non-hydrogen) atoms. The summed E-state index contributed by atoms with van der Waals surface area (Å²) in [5.41, 5.74) is 12.9. The molecule has 11 aromatic rings. The molecule has 0 unspecified atom stereocenters. The molecule has 0 heterocycles. The van der Waals surface area contributed by atoms with Crippen molar-refractivity contribution < 1.29 is 0 Å². The molecule has 276 valence electrons. The first-order valence-corrected chi connectivity index (χ1v) is 20.3. The number of anilines is 3. The Morgan fingerprint density at radius 2 is 0.763 bits per heavy atom. The molecule has 11 aromatic carbocycles. The van der Waals surface area contributed by atoms with Gasteiger partial charge in [-0.3, -0.25) is 0 Å². The van der Waals surface area contributed by atoms with E-state index in [0.29, 0.717) is 0 Å². The zero-order valence-electron chi connectivity index (χ0n) is 32.5. The number of para-hydroxylation sites is 1. The van der Waals surface area contributed by atoms with Gasteiger partial charge in [-0.25, -0.2) is 0 Å². The molecular weight excluding hydrogens is 711 g/mol. The van der Waals surface area contributed by atoms with E-state index in [1.54, 1.807) is 0 Å². The monoisotopic (exact) mass is 749 g/mol. The molecule has 0 saturated heterocycles. The van der Waals surface area contributed by atoms with Gasteiger partial charge in [0.05, 0.1) is 5.69 Å². The van der Waals surface area contributed by atoms with Crippen molar-refractivity contribution >= 4 is 60.2 Å². The molecule has 0 aliphatic rings. The van der Waals surface area contributed by atoms with Gasteiger partial charge < -0.3 is 4.90 Å². The summed E-state index contributed by atoms with van der Waals surface area (Å²) in [4.78, 5) is 2.44. The van der Waals surface area contributed by atoms with Crippen molar-refractivity contribution in [2.24, 2.45) is 0 Å². The first-order chi connectivity index (χ1) is 29.3. The summed E-state index contributed by atoms with van der Waals surface area (Å²) >= 11 is 0. The lowest BCUT2D eigenvalue weighted by molar-refractivity contribution is 1.28. The van der Waals surface area contributed by atoms with Crippen molar-refractivity contribution in [3.05, 3.63) is 237 Å². The zero-order valence-corrected chi connectivity index (χ0v) is 32.5. The molecule has 0 radical (unpaired) electrons. The van der Waals surface area contributed by atoms with Crippen molar-refractivity contribution in [1.29, 1.82) is 0 Å². The van der Waals surface area contributed by atoms with E-state index in [1.807, 2.05) is 0 Å². The SMILES string of the molecule is c1ccc(-c2cccc3cccc(-c4ccccc4N(c4ccc(-c5cccc6ccccc56)cc4)c4cccc(-c5cccc6c5ccc5ccccc56)c4)c23)cc1. The maximum atomic E-state index is 2.44. The minimum Gasteiger partial charge on any atom is -0.310 e. The van der Waals surface area contributed by atoms with E-state index in [-0.39, 0.29) is 0 Å². The standard InChI is InChI=1S/C58H39N/c1-2-15-41(16-3-1)52-29-12-20-44-21-13-31-56(58(44)52)55-26-8-9-32-57(55)59(46-36-33-43(34-37-46)49-27-11-19-40-17-4-6-24-48(40)49)47-23-10-22-45(39-47)51-28-14-30-53-50-25-7-5-18-42(50)35-38-54(51)53/h1-39H. The van der Waals surface area contributed by atoms with Gasteiger partial charge in [0, 0.05) is 16.9 Å². The van der Waals surface area contributed by atoms with Gasteiger partial charge in [-0.05, 0) is 112 Å². The van der Waals surface area contributed by atoms with Crippen LogP contribution in [0.15, 0.2) is 237 Å². The van der Waals surface area contributed by atoms with E-state index in [9.17, 15) is 0 Å². The second-order valence-electron chi connectivity index (χ2n) is 15.2. The number of hydrogen-bond donors (Lipinski definition) is 0. The third-order valence-corrected chi connectivity index (χ3v) is 11.9. The van der Waals surface area contributed by atoms with Crippen LogP contribution in [0.1, 0.15) is 0 Å². The van der Waals surface area contributed by atoms with Crippen LogP contribution in [0.2, 0.25) is 0 Å². The number of fused-ring (bicyclic) bond motifs is 5. The number of nitrogens with zero attached hydrogens (tertiary/aromatic N) is 1. The van der Waals surface area contributed by atoms with E-state index in [4.69, 9.17) is 0 Å². The second-order valence-corrected chi connectivity index (χ2v) is 15.2. The first-order valence-electron chi connectivity index (χ1n) is 20.3. The Hall–Kier alpha value is -7.74. The largest absolute Gasteiger partial charge is 0.310 e. The molecule has 0 amide bonds. The molecule has 0 aliphatic carbocycles. The fourth-order valence-corrected chi connectivity index (χ4v) is 9.12. The van der Waals surface area contributed by atoms with Gasteiger partial charge in [-0.15, -0.1) is 0 Å². The molecule has 1 nitrogen and oxygen atoms in total. The van der Waals surface area contributed by atoms with Crippen molar-refractivity contribution in [3.63, 3.8) is 0 Å². The summed E-state index contributed by atoms with van der Waals surface area (Å²) in [6.07, 6.45) is 0. The van der Waals surface area contributed by atoms with Crippen LogP contribution in [-0.4, -0.2) is 0 Å². The Kier molecular flexibility index (Phi) is 8.56. The quantitative estimate of drug-likeness (QED) is 0.147. The van der Waals surface area contributed by atoms with Crippen LogP contribution >= 0.6 is 0 Å². The Morgan fingerprint density at radius 1 is 0.237 bits per heavy atom. The van der Waals surface area contributed by atoms with Gasteiger partial charge >= 0.3 is 0 Å². The third kappa shape index (κ3) is 6.12. The molecule has 0 atom stereocenters. The summed E-state index contributed by atoms with van der Waals surface area (Å²) in [6, 6.07) is 86.3. The van der Waals surface area contributed by atoms with Crippen LogP contribution in [0.5, 0.6) is 0 Å². The molecule has 0 bridgehead atoms. The average Bonchev–Trinajstić information content (AvgIpc) is 3.31. The first kappa shape index (κ1) is 34.5. The van der Waals surface area contributed by atoms with Crippen LogP contribution in [-0.2, 0) is 0 Å². The molecule has 0 saturated carbocycles. The summed E-state index contributed by atoms with van der Waals surface area (Å²) in [7, 11) is 0. The average molecular weight is 750 g/mol. The molecule has 0 fully saturated rings. The molecule has 11 rings (SSSR count). The van der Waals surface area contributed by atoms with Crippen LogP contribution in [0.25, 0.3) is 87.6 Å².